The molecule has 0 aliphatic carbocycles. The fourth-order valence-corrected chi connectivity index (χ4v) is 0.781. The molecule has 0 aromatic heterocycles. The number of ether oxygens (including phenoxy) is 2. The van der Waals surface area contributed by atoms with Gasteiger partial charge in [-0.15, -0.1) is 0 Å². The summed E-state index contributed by atoms with van der Waals surface area (Å²) in [6.45, 7) is 17.2. The molecule has 17 heavy (non-hydrogen) atoms. The minimum Gasteiger partial charge on any atom is -0.377 e. The van der Waals surface area contributed by atoms with Crippen molar-refractivity contribution >= 4 is 0 Å². The Hall–Kier alpha value is -0.340. The molecule has 0 spiro atoms. The third-order valence-electron chi connectivity index (χ3n) is 2.34. The summed E-state index contributed by atoms with van der Waals surface area (Å²) in [6, 6.07) is 0. The predicted molar refractivity (Wildman–Crippen MR) is 76.5 cm³/mol. The molecule has 0 bridgehead atoms. The van der Waals surface area contributed by atoms with Gasteiger partial charge in [-0.3, -0.25) is 0 Å². The van der Waals surface area contributed by atoms with Crippen LogP contribution in [-0.2, 0) is 9.47 Å². The van der Waals surface area contributed by atoms with Crippen molar-refractivity contribution in [2.45, 2.75) is 66.9 Å². The summed E-state index contributed by atoms with van der Waals surface area (Å²) in [7, 11) is 0. The van der Waals surface area contributed by atoms with E-state index in [4.69, 9.17) is 9.47 Å². The largest absolute Gasteiger partial charge is 0.377 e. The van der Waals surface area contributed by atoms with Crippen LogP contribution in [0.15, 0.2) is 11.6 Å². The monoisotopic (exact) mass is 244 g/mol. The van der Waals surface area contributed by atoms with E-state index >= 15 is 0 Å². The molecule has 1 unspecified atom stereocenters. The lowest BCUT2D eigenvalue weighted by Crippen LogP contribution is -1.98. The van der Waals surface area contributed by atoms with E-state index in [9.17, 15) is 0 Å². The molecule has 0 N–H and O–H groups in total. The van der Waals surface area contributed by atoms with Gasteiger partial charge in [-0.25, -0.2) is 0 Å². The normalized spacial score (nSPS) is 20.4. The van der Waals surface area contributed by atoms with Gasteiger partial charge in [0.15, 0.2) is 0 Å². The van der Waals surface area contributed by atoms with Gasteiger partial charge in [0.2, 0.25) is 0 Å². The zero-order valence-electron chi connectivity index (χ0n) is 12.9. The average Bonchev–Trinajstić information content (AvgIpc) is 3.07. The molecule has 1 rings (SSSR count). The van der Waals surface area contributed by atoms with Crippen molar-refractivity contribution in [1.29, 1.82) is 0 Å². The number of rotatable bonds is 5. The van der Waals surface area contributed by atoms with Gasteiger partial charge in [0.05, 0.1) is 18.8 Å². The molecule has 1 fully saturated rings. The van der Waals surface area contributed by atoms with Crippen LogP contribution in [-0.4, -0.2) is 25.4 Å². The molecule has 2 nitrogen and oxygen atoms in total. The summed E-state index contributed by atoms with van der Waals surface area (Å²) in [4.78, 5) is 0. The van der Waals surface area contributed by atoms with Crippen LogP contribution in [0.5, 0.6) is 0 Å². The van der Waals surface area contributed by atoms with E-state index in [1.807, 2.05) is 13.8 Å². The van der Waals surface area contributed by atoms with Crippen molar-refractivity contribution < 1.29 is 9.47 Å². The van der Waals surface area contributed by atoms with Gasteiger partial charge < -0.3 is 9.47 Å². The third-order valence-corrected chi connectivity index (χ3v) is 2.34. The first-order valence-corrected chi connectivity index (χ1v) is 6.89. The van der Waals surface area contributed by atoms with Crippen LogP contribution in [0.25, 0.3) is 0 Å². The lowest BCUT2D eigenvalue weighted by atomic mass is 10.1. The molecule has 0 aromatic carbocycles. The molecule has 1 aliphatic heterocycles. The standard InChI is InChI=1S/C8H16O.C5H10O.C2H6/c1-4-6-9-7-5-8(2)3;1-3-5(2)4-6-5;1-2/h5H,4,6-7H2,1-3H3;3-4H2,1-2H3;1-2H3. The second-order valence-corrected chi connectivity index (χ2v) is 4.45. The topological polar surface area (TPSA) is 21.8 Å². The van der Waals surface area contributed by atoms with E-state index < -0.39 is 0 Å². The third kappa shape index (κ3) is 15.7. The number of allylic oxidation sites excluding steroid dienone is 1. The first-order valence-electron chi connectivity index (χ1n) is 6.89. The maximum absolute atomic E-state index is 5.22. The zero-order chi connectivity index (χ0) is 13.7. The molecule has 2 heteroatoms. The Labute approximate surface area is 108 Å². The maximum Gasteiger partial charge on any atom is 0.0886 e. The minimum absolute atomic E-state index is 0.292. The molecule has 1 atom stereocenters. The van der Waals surface area contributed by atoms with Crippen molar-refractivity contribution in [3.63, 3.8) is 0 Å². The maximum atomic E-state index is 5.22. The van der Waals surface area contributed by atoms with Crippen molar-refractivity contribution in [3.8, 4) is 0 Å². The number of epoxide rings is 1. The minimum atomic E-state index is 0.292. The Morgan fingerprint density at radius 2 is 1.82 bits per heavy atom. The highest BCUT2D eigenvalue weighted by Crippen LogP contribution is 2.28. The summed E-state index contributed by atoms with van der Waals surface area (Å²) in [5.74, 6) is 0. The van der Waals surface area contributed by atoms with Crippen LogP contribution in [0.3, 0.4) is 0 Å². The van der Waals surface area contributed by atoms with Gasteiger partial charge in [0.1, 0.15) is 0 Å². The van der Waals surface area contributed by atoms with Gasteiger partial charge in [-0.2, -0.15) is 0 Å². The Bertz CT molecular complexity index is 177. The van der Waals surface area contributed by atoms with Crippen molar-refractivity contribution in [2.75, 3.05) is 19.8 Å². The molecule has 1 aliphatic rings. The van der Waals surface area contributed by atoms with Crippen LogP contribution in [0.4, 0.5) is 0 Å². The fraction of sp³-hybridized carbons (Fsp3) is 0.867. The molecular formula is C15H32O2. The zero-order valence-corrected chi connectivity index (χ0v) is 12.9. The lowest BCUT2D eigenvalue weighted by Gasteiger charge is -1.96. The second kappa shape index (κ2) is 12.1. The smallest absolute Gasteiger partial charge is 0.0886 e. The molecule has 0 saturated carbocycles. The van der Waals surface area contributed by atoms with Crippen molar-refractivity contribution in [3.05, 3.63) is 11.6 Å². The van der Waals surface area contributed by atoms with Gasteiger partial charge in [0, 0.05) is 6.61 Å². The van der Waals surface area contributed by atoms with Crippen LogP contribution in [0.2, 0.25) is 0 Å². The Morgan fingerprint density at radius 1 is 1.29 bits per heavy atom. The first kappa shape index (κ1) is 19.0. The van der Waals surface area contributed by atoms with Gasteiger partial charge >= 0.3 is 0 Å². The first-order chi connectivity index (χ1) is 8.04. The molecule has 0 radical (unpaired) electrons. The van der Waals surface area contributed by atoms with E-state index in [2.05, 4.69) is 40.7 Å². The fourth-order valence-electron chi connectivity index (χ4n) is 0.781. The Balaban J connectivity index is 0. The Morgan fingerprint density at radius 3 is 2.06 bits per heavy atom. The quantitative estimate of drug-likeness (QED) is 0.401. The number of hydrogen-bond donors (Lipinski definition) is 0. The summed E-state index contributed by atoms with van der Waals surface area (Å²) in [5.41, 5.74) is 1.62. The lowest BCUT2D eigenvalue weighted by molar-refractivity contribution is 0.162. The average molecular weight is 244 g/mol. The molecule has 104 valence electrons. The van der Waals surface area contributed by atoms with Crippen molar-refractivity contribution in [2.24, 2.45) is 0 Å². The molecule has 1 saturated heterocycles. The van der Waals surface area contributed by atoms with Crippen LogP contribution in [0.1, 0.15) is 61.3 Å². The van der Waals surface area contributed by atoms with Gasteiger partial charge in [-0.1, -0.05) is 39.3 Å². The second-order valence-electron chi connectivity index (χ2n) is 4.45. The van der Waals surface area contributed by atoms with Crippen LogP contribution in [0, 0.1) is 0 Å². The van der Waals surface area contributed by atoms with E-state index in [1.54, 1.807) is 0 Å². The van der Waals surface area contributed by atoms with E-state index in [0.717, 1.165) is 32.7 Å². The summed E-state index contributed by atoms with van der Waals surface area (Å²) >= 11 is 0. The highest BCUT2D eigenvalue weighted by Gasteiger charge is 2.36. The predicted octanol–water partition coefficient (Wildman–Crippen LogP) is 4.59. The summed E-state index contributed by atoms with van der Waals surface area (Å²) in [6.07, 6.45) is 4.36. The SMILES string of the molecule is CC.CCC1(C)CO1.CCCOCC=C(C)C. The highest BCUT2D eigenvalue weighted by molar-refractivity contribution is 4.92. The summed E-state index contributed by atoms with van der Waals surface area (Å²) < 4.78 is 10.3. The highest BCUT2D eigenvalue weighted by atomic mass is 16.6. The molecular weight excluding hydrogens is 212 g/mol. The van der Waals surface area contributed by atoms with E-state index in [-0.39, 0.29) is 0 Å². The van der Waals surface area contributed by atoms with Gasteiger partial charge in [0.25, 0.3) is 0 Å². The Kier molecular flexibility index (Phi) is 13.6. The van der Waals surface area contributed by atoms with Gasteiger partial charge in [-0.05, 0) is 33.6 Å². The van der Waals surface area contributed by atoms with Crippen molar-refractivity contribution in [1.82, 2.24) is 0 Å². The van der Waals surface area contributed by atoms with E-state index in [0.29, 0.717) is 5.60 Å². The number of hydrogen-bond acceptors (Lipinski definition) is 2. The molecule has 0 aromatic rings. The van der Waals surface area contributed by atoms with Crippen LogP contribution < -0.4 is 0 Å². The molecule has 0 amide bonds. The van der Waals surface area contributed by atoms with Crippen LogP contribution >= 0.6 is 0 Å². The van der Waals surface area contributed by atoms with E-state index in [1.165, 1.54) is 5.57 Å². The molecule has 1 heterocycles. The summed E-state index contributed by atoms with van der Waals surface area (Å²) in [5, 5.41) is 0.